The zero-order valence-corrected chi connectivity index (χ0v) is 20.4. The Morgan fingerprint density at radius 3 is 2.15 bits per heavy atom. The van der Waals surface area contributed by atoms with Gasteiger partial charge in [-0.25, -0.2) is 4.79 Å². The minimum Gasteiger partial charge on any atom is -0.484 e. The van der Waals surface area contributed by atoms with Gasteiger partial charge in [0.25, 0.3) is 11.8 Å². The summed E-state index contributed by atoms with van der Waals surface area (Å²) in [6.07, 6.45) is 3.15. The van der Waals surface area contributed by atoms with Crippen LogP contribution in [0.5, 0.6) is 5.75 Å². The monoisotopic (exact) mass is 466 g/mol. The molecule has 1 heterocycles. The highest BCUT2D eigenvalue weighted by molar-refractivity contribution is 5.95. The average Bonchev–Trinajstić information content (AvgIpc) is 2.82. The third-order valence-corrected chi connectivity index (χ3v) is 6.13. The predicted molar refractivity (Wildman–Crippen MR) is 131 cm³/mol. The smallest absolute Gasteiger partial charge is 0.338 e. The summed E-state index contributed by atoms with van der Waals surface area (Å²) in [6.45, 7) is 7.90. The zero-order chi connectivity index (χ0) is 24.7. The SMILES string of the molecule is CC(C)c1ccc(NC(=O)COC(=O)c2ccc(OCC(=O)N3[C@H](C)CCC[C@H]3C)cc2)cc1. The fourth-order valence-corrected chi connectivity index (χ4v) is 4.18. The van der Waals surface area contributed by atoms with Gasteiger partial charge in [-0.05, 0) is 81.0 Å². The van der Waals surface area contributed by atoms with E-state index in [0.29, 0.717) is 22.9 Å². The fraction of sp³-hybridized carbons (Fsp3) is 0.444. The lowest BCUT2D eigenvalue weighted by Gasteiger charge is -2.38. The third-order valence-electron chi connectivity index (χ3n) is 6.13. The molecule has 1 aliphatic heterocycles. The molecule has 7 nitrogen and oxygen atoms in total. The molecule has 182 valence electrons. The van der Waals surface area contributed by atoms with E-state index < -0.39 is 11.9 Å². The van der Waals surface area contributed by atoms with Crippen molar-refractivity contribution in [2.24, 2.45) is 0 Å². The highest BCUT2D eigenvalue weighted by atomic mass is 16.5. The molecular formula is C27H34N2O5. The summed E-state index contributed by atoms with van der Waals surface area (Å²) < 4.78 is 10.7. The second-order valence-corrected chi connectivity index (χ2v) is 9.14. The van der Waals surface area contributed by atoms with Crippen LogP contribution in [0.3, 0.4) is 0 Å². The summed E-state index contributed by atoms with van der Waals surface area (Å²) in [7, 11) is 0. The average molecular weight is 467 g/mol. The number of piperidine rings is 1. The van der Waals surface area contributed by atoms with Gasteiger partial charge in [-0.3, -0.25) is 9.59 Å². The maximum Gasteiger partial charge on any atom is 0.338 e. The number of hydrogen-bond donors (Lipinski definition) is 1. The number of ether oxygens (including phenoxy) is 2. The van der Waals surface area contributed by atoms with E-state index in [1.165, 1.54) is 5.56 Å². The summed E-state index contributed by atoms with van der Waals surface area (Å²) in [6, 6.07) is 14.3. The minimum absolute atomic E-state index is 0.0342. The molecule has 2 amide bonds. The topological polar surface area (TPSA) is 84.9 Å². The Balaban J connectivity index is 1.44. The Bertz CT molecular complexity index is 975. The highest BCUT2D eigenvalue weighted by Gasteiger charge is 2.29. The first-order valence-electron chi connectivity index (χ1n) is 11.9. The Kier molecular flexibility index (Phi) is 8.68. The van der Waals surface area contributed by atoms with E-state index in [4.69, 9.17) is 9.47 Å². The molecule has 1 fully saturated rings. The predicted octanol–water partition coefficient (Wildman–Crippen LogP) is 4.77. The van der Waals surface area contributed by atoms with Crippen LogP contribution in [0.1, 0.15) is 68.8 Å². The Morgan fingerprint density at radius 1 is 0.941 bits per heavy atom. The number of nitrogens with one attached hydrogen (secondary N) is 1. The largest absolute Gasteiger partial charge is 0.484 e. The van der Waals surface area contributed by atoms with Gasteiger partial charge in [0.1, 0.15) is 5.75 Å². The van der Waals surface area contributed by atoms with E-state index in [0.717, 1.165) is 19.3 Å². The second kappa shape index (κ2) is 11.7. The Hall–Kier alpha value is -3.35. The van der Waals surface area contributed by atoms with Crippen molar-refractivity contribution in [3.05, 3.63) is 59.7 Å². The van der Waals surface area contributed by atoms with Crippen LogP contribution in [0.25, 0.3) is 0 Å². The molecule has 0 unspecified atom stereocenters. The van der Waals surface area contributed by atoms with Gasteiger partial charge in [0.15, 0.2) is 13.2 Å². The number of nitrogens with zero attached hydrogens (tertiary/aromatic N) is 1. The molecule has 7 heteroatoms. The highest BCUT2D eigenvalue weighted by Crippen LogP contribution is 2.23. The van der Waals surface area contributed by atoms with Crippen LogP contribution in [-0.2, 0) is 14.3 Å². The molecular weight excluding hydrogens is 432 g/mol. The second-order valence-electron chi connectivity index (χ2n) is 9.14. The molecule has 3 rings (SSSR count). The van der Waals surface area contributed by atoms with Crippen LogP contribution in [0.2, 0.25) is 0 Å². The number of benzene rings is 2. The van der Waals surface area contributed by atoms with Gasteiger partial charge in [-0.15, -0.1) is 0 Å². The molecule has 0 saturated carbocycles. The molecule has 0 aromatic heterocycles. The van der Waals surface area contributed by atoms with Gasteiger partial charge in [0.2, 0.25) is 0 Å². The van der Waals surface area contributed by atoms with E-state index in [-0.39, 0.29) is 31.2 Å². The number of carbonyl (C=O) groups excluding carboxylic acids is 3. The van der Waals surface area contributed by atoms with Crippen molar-refractivity contribution in [3.8, 4) is 5.75 Å². The maximum atomic E-state index is 12.6. The number of rotatable bonds is 8. The van der Waals surface area contributed by atoms with Crippen LogP contribution in [-0.4, -0.2) is 48.0 Å². The molecule has 2 aromatic rings. The molecule has 0 aliphatic carbocycles. The van der Waals surface area contributed by atoms with E-state index >= 15 is 0 Å². The van der Waals surface area contributed by atoms with E-state index in [2.05, 4.69) is 33.0 Å². The first-order valence-corrected chi connectivity index (χ1v) is 11.9. The molecule has 2 aromatic carbocycles. The van der Waals surface area contributed by atoms with Crippen molar-refractivity contribution in [3.63, 3.8) is 0 Å². The molecule has 1 aliphatic rings. The molecule has 0 spiro atoms. The first kappa shape index (κ1) is 25.3. The van der Waals surface area contributed by atoms with Crippen molar-refractivity contribution < 1.29 is 23.9 Å². The fourth-order valence-electron chi connectivity index (χ4n) is 4.18. The number of amides is 2. The van der Waals surface area contributed by atoms with Gasteiger partial charge in [0, 0.05) is 17.8 Å². The van der Waals surface area contributed by atoms with Crippen molar-refractivity contribution in [2.75, 3.05) is 18.5 Å². The van der Waals surface area contributed by atoms with Gasteiger partial charge in [0.05, 0.1) is 5.56 Å². The quantitative estimate of drug-likeness (QED) is 0.566. The molecule has 1 N–H and O–H groups in total. The summed E-state index contributed by atoms with van der Waals surface area (Å²) in [5, 5.41) is 2.71. The van der Waals surface area contributed by atoms with Crippen molar-refractivity contribution >= 4 is 23.5 Å². The number of hydrogen-bond acceptors (Lipinski definition) is 5. The summed E-state index contributed by atoms with van der Waals surface area (Å²) in [4.78, 5) is 38.9. The molecule has 34 heavy (non-hydrogen) atoms. The van der Waals surface area contributed by atoms with Crippen LogP contribution in [0, 0.1) is 0 Å². The molecule has 0 radical (unpaired) electrons. The van der Waals surface area contributed by atoms with E-state index in [1.807, 2.05) is 29.2 Å². The molecule has 2 atom stereocenters. The van der Waals surface area contributed by atoms with Crippen LogP contribution in [0.4, 0.5) is 5.69 Å². The maximum absolute atomic E-state index is 12.6. The Morgan fingerprint density at radius 2 is 1.56 bits per heavy atom. The van der Waals surface area contributed by atoms with Crippen molar-refractivity contribution in [1.82, 2.24) is 4.90 Å². The molecule has 0 bridgehead atoms. The normalized spacial score (nSPS) is 17.9. The summed E-state index contributed by atoms with van der Waals surface area (Å²) in [5.74, 6) is -0.155. The number of anilines is 1. The van der Waals surface area contributed by atoms with Crippen LogP contribution < -0.4 is 10.1 Å². The number of likely N-dealkylation sites (tertiary alicyclic amines) is 1. The molecule has 1 saturated heterocycles. The lowest BCUT2D eigenvalue weighted by Crippen LogP contribution is -2.49. The summed E-state index contributed by atoms with van der Waals surface area (Å²) >= 11 is 0. The standard InChI is InChI=1S/C27H34N2O5/c1-18(2)21-8-12-23(13-9-21)28-25(30)16-34-27(32)22-10-14-24(15-11-22)33-17-26(31)29-19(3)6-5-7-20(29)4/h8-15,18-20H,5-7,16-17H2,1-4H3,(H,28,30)/t19-,20-/m1/s1. The zero-order valence-electron chi connectivity index (χ0n) is 20.4. The lowest BCUT2D eigenvalue weighted by molar-refractivity contribution is -0.139. The van der Waals surface area contributed by atoms with Gasteiger partial charge < -0.3 is 19.7 Å². The Labute approximate surface area is 201 Å². The third kappa shape index (κ3) is 6.83. The van der Waals surface area contributed by atoms with Crippen LogP contribution >= 0.6 is 0 Å². The van der Waals surface area contributed by atoms with Gasteiger partial charge in [-0.1, -0.05) is 26.0 Å². The van der Waals surface area contributed by atoms with Crippen molar-refractivity contribution in [1.29, 1.82) is 0 Å². The van der Waals surface area contributed by atoms with E-state index in [1.54, 1.807) is 24.3 Å². The van der Waals surface area contributed by atoms with Gasteiger partial charge >= 0.3 is 5.97 Å². The number of carbonyl (C=O) groups is 3. The first-order chi connectivity index (χ1) is 16.2. The van der Waals surface area contributed by atoms with Gasteiger partial charge in [-0.2, -0.15) is 0 Å². The van der Waals surface area contributed by atoms with Crippen LogP contribution in [0.15, 0.2) is 48.5 Å². The minimum atomic E-state index is -0.608. The number of esters is 1. The van der Waals surface area contributed by atoms with Crippen molar-refractivity contribution in [2.45, 2.75) is 65.0 Å². The lowest BCUT2D eigenvalue weighted by atomic mass is 9.97. The van der Waals surface area contributed by atoms with E-state index in [9.17, 15) is 14.4 Å². The summed E-state index contributed by atoms with van der Waals surface area (Å²) in [5.41, 5.74) is 2.12.